The van der Waals surface area contributed by atoms with Gasteiger partial charge in [0.25, 0.3) is 11.8 Å². The summed E-state index contributed by atoms with van der Waals surface area (Å²) in [6, 6.07) is 8.50. The van der Waals surface area contributed by atoms with Crippen molar-refractivity contribution in [2.24, 2.45) is 7.05 Å². The molecule has 158 valence electrons. The van der Waals surface area contributed by atoms with Crippen LogP contribution < -0.4 is 10.6 Å². The molecule has 2 aromatic heterocycles. The summed E-state index contributed by atoms with van der Waals surface area (Å²) in [5.74, 6) is 4.95. The van der Waals surface area contributed by atoms with Crippen LogP contribution in [0, 0.1) is 11.8 Å². The second-order valence-corrected chi connectivity index (χ2v) is 7.74. The van der Waals surface area contributed by atoms with Gasteiger partial charge in [0.1, 0.15) is 0 Å². The van der Waals surface area contributed by atoms with Crippen LogP contribution in [0.5, 0.6) is 0 Å². The summed E-state index contributed by atoms with van der Waals surface area (Å²) in [6.45, 7) is 0.245. The van der Waals surface area contributed by atoms with Gasteiger partial charge in [-0.25, -0.2) is 4.79 Å². The molecule has 0 saturated carbocycles. The second kappa shape index (κ2) is 7.35. The minimum atomic E-state index is -1.54. The number of fused-ring (bicyclic) bond motifs is 1. The number of carbonyl (C=O) groups is 3. The van der Waals surface area contributed by atoms with Gasteiger partial charge in [-0.3, -0.25) is 24.6 Å². The average Bonchev–Trinajstić information content (AvgIpc) is 3.43. The van der Waals surface area contributed by atoms with E-state index in [9.17, 15) is 14.4 Å². The fraction of sp³-hybridized carbons (Fsp3) is 0.174. The van der Waals surface area contributed by atoms with Gasteiger partial charge in [-0.15, -0.1) is 0 Å². The summed E-state index contributed by atoms with van der Waals surface area (Å²) in [5.41, 5.74) is 2.25. The standard InChI is InChI=1S/C23H18N6O3/c1-28-12-18(11-25-28)16-4-5-17-13-29(20(30)19(17)9-16)14-23(21(31)26-22(32)27-23)7-6-15-3-2-8-24-10-15/h2-5,8-12H,13-14H2,1H3,(H2,26,27,31,32)/t23-/m0/s1. The molecule has 3 aromatic rings. The highest BCUT2D eigenvalue weighted by atomic mass is 16.2. The summed E-state index contributed by atoms with van der Waals surface area (Å²) in [5, 5.41) is 9.01. The minimum absolute atomic E-state index is 0.0758. The molecule has 5 rings (SSSR count). The number of benzene rings is 1. The first-order valence-corrected chi connectivity index (χ1v) is 9.91. The van der Waals surface area contributed by atoms with Gasteiger partial charge in [0.05, 0.1) is 12.7 Å². The van der Waals surface area contributed by atoms with Crippen molar-refractivity contribution < 1.29 is 14.4 Å². The molecule has 4 amide bonds. The lowest BCUT2D eigenvalue weighted by atomic mass is 9.99. The number of hydrogen-bond donors (Lipinski definition) is 2. The van der Waals surface area contributed by atoms with E-state index in [-0.39, 0.29) is 12.5 Å². The first-order valence-electron chi connectivity index (χ1n) is 9.91. The molecule has 2 N–H and O–H groups in total. The molecule has 0 bridgehead atoms. The molecule has 0 spiro atoms. The highest BCUT2D eigenvalue weighted by molar-refractivity contribution is 6.10. The molecule has 32 heavy (non-hydrogen) atoms. The molecule has 0 radical (unpaired) electrons. The van der Waals surface area contributed by atoms with Gasteiger partial charge in [0, 0.05) is 48.9 Å². The summed E-state index contributed by atoms with van der Waals surface area (Å²) >= 11 is 0. The predicted octanol–water partition coefficient (Wildman–Crippen LogP) is 1.07. The molecule has 9 heteroatoms. The molecule has 1 fully saturated rings. The Bertz CT molecular complexity index is 1320. The zero-order valence-corrected chi connectivity index (χ0v) is 17.1. The zero-order valence-electron chi connectivity index (χ0n) is 17.1. The molecule has 2 aliphatic heterocycles. The van der Waals surface area contributed by atoms with Crippen molar-refractivity contribution in [3.05, 3.63) is 71.8 Å². The van der Waals surface area contributed by atoms with Crippen LogP contribution in [-0.2, 0) is 18.4 Å². The van der Waals surface area contributed by atoms with Gasteiger partial charge >= 0.3 is 6.03 Å². The van der Waals surface area contributed by atoms with Crippen LogP contribution in [0.4, 0.5) is 4.79 Å². The molecule has 0 aliphatic carbocycles. The molecule has 1 atom stereocenters. The molecule has 2 aliphatic rings. The predicted molar refractivity (Wildman–Crippen MR) is 114 cm³/mol. The largest absolute Gasteiger partial charge is 0.330 e. The molecular formula is C23H18N6O3. The van der Waals surface area contributed by atoms with E-state index < -0.39 is 17.5 Å². The lowest BCUT2D eigenvalue weighted by Gasteiger charge is -2.26. The van der Waals surface area contributed by atoms with Gasteiger partial charge in [0.15, 0.2) is 0 Å². The molecule has 0 unspecified atom stereocenters. The fourth-order valence-electron chi connectivity index (χ4n) is 3.87. The van der Waals surface area contributed by atoms with E-state index in [1.807, 2.05) is 31.4 Å². The third-order valence-corrected chi connectivity index (χ3v) is 5.48. The molecule has 9 nitrogen and oxygen atoms in total. The van der Waals surface area contributed by atoms with E-state index in [1.54, 1.807) is 35.4 Å². The zero-order chi connectivity index (χ0) is 22.3. The summed E-state index contributed by atoms with van der Waals surface area (Å²) in [4.78, 5) is 43.3. The number of imide groups is 1. The Kier molecular flexibility index (Phi) is 4.48. The normalized spacial score (nSPS) is 19.3. The molecular weight excluding hydrogens is 408 g/mol. The van der Waals surface area contributed by atoms with Crippen molar-refractivity contribution in [3.8, 4) is 23.0 Å². The summed E-state index contributed by atoms with van der Waals surface area (Å²) < 4.78 is 1.70. The van der Waals surface area contributed by atoms with Gasteiger partial charge in [-0.05, 0) is 29.3 Å². The van der Waals surface area contributed by atoms with Crippen LogP contribution >= 0.6 is 0 Å². The number of amides is 4. The van der Waals surface area contributed by atoms with Gasteiger partial charge in [-0.2, -0.15) is 5.10 Å². The van der Waals surface area contributed by atoms with Crippen LogP contribution in [0.15, 0.2) is 55.1 Å². The van der Waals surface area contributed by atoms with Gasteiger partial charge in [-0.1, -0.05) is 24.0 Å². The Morgan fingerprint density at radius 3 is 2.72 bits per heavy atom. The Balaban J connectivity index is 1.44. The number of carbonyl (C=O) groups excluding carboxylic acids is 3. The molecule has 1 aromatic carbocycles. The number of nitrogens with zero attached hydrogens (tertiary/aromatic N) is 4. The smallest absolute Gasteiger partial charge is 0.323 e. The van der Waals surface area contributed by atoms with Crippen molar-refractivity contribution in [2.45, 2.75) is 12.1 Å². The first-order chi connectivity index (χ1) is 15.4. The average molecular weight is 426 g/mol. The van der Waals surface area contributed by atoms with E-state index in [4.69, 9.17) is 0 Å². The van der Waals surface area contributed by atoms with E-state index >= 15 is 0 Å². The van der Waals surface area contributed by atoms with Crippen molar-refractivity contribution in [1.29, 1.82) is 0 Å². The van der Waals surface area contributed by atoms with E-state index in [0.29, 0.717) is 17.7 Å². The number of aryl methyl sites for hydroxylation is 1. The molecule has 4 heterocycles. The maximum atomic E-state index is 13.2. The third kappa shape index (κ3) is 3.37. The van der Waals surface area contributed by atoms with Crippen LogP contribution in [0.25, 0.3) is 11.1 Å². The quantitative estimate of drug-likeness (QED) is 0.481. The van der Waals surface area contributed by atoms with Crippen molar-refractivity contribution in [2.75, 3.05) is 6.54 Å². The summed E-state index contributed by atoms with van der Waals surface area (Å²) in [7, 11) is 1.83. The lowest BCUT2D eigenvalue weighted by molar-refractivity contribution is -0.122. The number of rotatable bonds is 3. The van der Waals surface area contributed by atoms with Crippen molar-refractivity contribution >= 4 is 17.8 Å². The Hall–Kier alpha value is -4.45. The fourth-order valence-corrected chi connectivity index (χ4v) is 3.87. The van der Waals surface area contributed by atoms with Crippen molar-refractivity contribution in [1.82, 2.24) is 30.3 Å². The lowest BCUT2D eigenvalue weighted by Crippen LogP contribution is -2.54. The number of pyridine rings is 1. The van der Waals surface area contributed by atoms with Crippen LogP contribution in [0.1, 0.15) is 21.5 Å². The number of aromatic nitrogens is 3. The Morgan fingerprint density at radius 2 is 2.03 bits per heavy atom. The van der Waals surface area contributed by atoms with Gasteiger partial charge in [0.2, 0.25) is 5.54 Å². The van der Waals surface area contributed by atoms with Gasteiger partial charge < -0.3 is 10.2 Å². The number of hydrogen-bond acceptors (Lipinski definition) is 5. The van der Waals surface area contributed by atoms with Crippen LogP contribution in [-0.4, -0.2) is 49.6 Å². The monoisotopic (exact) mass is 426 g/mol. The Labute approximate surface area is 183 Å². The molecule has 1 saturated heterocycles. The van der Waals surface area contributed by atoms with Crippen LogP contribution in [0.2, 0.25) is 0 Å². The van der Waals surface area contributed by atoms with E-state index in [2.05, 4.69) is 32.6 Å². The maximum absolute atomic E-state index is 13.2. The highest BCUT2D eigenvalue weighted by Gasteiger charge is 2.48. The SMILES string of the molecule is Cn1cc(-c2ccc3c(c2)C(=O)N(C[C@]2(C#Cc4cccnc4)NC(=O)NC2=O)C3)cn1. The van der Waals surface area contributed by atoms with Crippen LogP contribution in [0.3, 0.4) is 0 Å². The number of urea groups is 1. The first kappa shape index (κ1) is 19.5. The third-order valence-electron chi connectivity index (χ3n) is 5.48. The maximum Gasteiger partial charge on any atom is 0.323 e. The second-order valence-electron chi connectivity index (χ2n) is 7.74. The summed E-state index contributed by atoms with van der Waals surface area (Å²) in [6.07, 6.45) is 6.79. The van der Waals surface area contributed by atoms with E-state index in [0.717, 1.165) is 16.7 Å². The highest BCUT2D eigenvalue weighted by Crippen LogP contribution is 2.29. The van der Waals surface area contributed by atoms with Crippen molar-refractivity contribution in [3.63, 3.8) is 0 Å². The topological polar surface area (TPSA) is 109 Å². The van der Waals surface area contributed by atoms with E-state index in [1.165, 1.54) is 4.90 Å². The minimum Gasteiger partial charge on any atom is -0.330 e. The Morgan fingerprint density at radius 1 is 1.16 bits per heavy atom. The number of nitrogens with one attached hydrogen (secondary N) is 2.